The predicted molar refractivity (Wildman–Crippen MR) is 68.7 cm³/mol. The summed E-state index contributed by atoms with van der Waals surface area (Å²) in [4.78, 5) is 11.5. The summed E-state index contributed by atoms with van der Waals surface area (Å²) < 4.78 is 12.3. The zero-order chi connectivity index (χ0) is 11.6. The summed E-state index contributed by atoms with van der Waals surface area (Å²) in [5.74, 6) is 1.20. The van der Waals surface area contributed by atoms with E-state index in [1.54, 1.807) is 14.0 Å². The number of ether oxygens (including phenoxy) is 1. The molecule has 1 rings (SSSR count). The number of hydrogen-bond donors (Lipinski definition) is 0. The minimum absolute atomic E-state index is 0.343. The van der Waals surface area contributed by atoms with Crippen LogP contribution in [0.2, 0.25) is 0 Å². The Kier molecular flexibility index (Phi) is 3.96. The van der Waals surface area contributed by atoms with Crippen LogP contribution >= 0.6 is 22.6 Å². The van der Waals surface area contributed by atoms with Crippen LogP contribution in [0.4, 0.5) is 0 Å². The van der Waals surface area contributed by atoms with E-state index in [1.807, 2.05) is 17.9 Å². The van der Waals surface area contributed by atoms with Crippen molar-refractivity contribution in [2.75, 3.05) is 7.11 Å². The van der Waals surface area contributed by atoms with Gasteiger partial charge >= 0.3 is 5.63 Å². The molecule has 0 aliphatic heterocycles. The van der Waals surface area contributed by atoms with Gasteiger partial charge in [0, 0.05) is 5.56 Å². The van der Waals surface area contributed by atoms with Gasteiger partial charge in [-0.25, -0.2) is 4.79 Å². The molecule has 4 heteroatoms. The van der Waals surface area contributed by atoms with Crippen LogP contribution in [-0.4, -0.2) is 7.11 Å². The molecule has 0 aromatic carbocycles. The summed E-state index contributed by atoms with van der Waals surface area (Å²) in [5, 5.41) is 0. The standard InChI is InChI=1S/C11H13IO3/c1-6(5-12)9-7(2)10(14-4)8(3)11(13)15-9/h5H,1-4H3/b6-5+. The molecular weight excluding hydrogens is 307 g/mol. The van der Waals surface area contributed by atoms with Crippen molar-refractivity contribution in [3.8, 4) is 5.75 Å². The maximum atomic E-state index is 11.5. The summed E-state index contributed by atoms with van der Waals surface area (Å²) in [7, 11) is 1.56. The van der Waals surface area contributed by atoms with Gasteiger partial charge < -0.3 is 9.15 Å². The second kappa shape index (κ2) is 4.83. The molecule has 0 fully saturated rings. The summed E-state index contributed by atoms with van der Waals surface area (Å²) in [6.07, 6.45) is 0. The lowest BCUT2D eigenvalue weighted by atomic mass is 10.1. The first kappa shape index (κ1) is 12.3. The highest BCUT2D eigenvalue weighted by Gasteiger charge is 2.15. The summed E-state index contributed by atoms with van der Waals surface area (Å²) >= 11 is 2.11. The van der Waals surface area contributed by atoms with Crippen molar-refractivity contribution in [3.63, 3.8) is 0 Å². The van der Waals surface area contributed by atoms with Crippen LogP contribution in [0.5, 0.6) is 5.75 Å². The Labute approximate surface area is 102 Å². The van der Waals surface area contributed by atoms with Gasteiger partial charge in [0.05, 0.1) is 12.7 Å². The lowest BCUT2D eigenvalue weighted by Crippen LogP contribution is -2.09. The van der Waals surface area contributed by atoms with Gasteiger partial charge in [-0.15, -0.1) is 0 Å². The quantitative estimate of drug-likeness (QED) is 0.786. The van der Waals surface area contributed by atoms with Crippen molar-refractivity contribution in [3.05, 3.63) is 31.4 Å². The third kappa shape index (κ3) is 2.25. The Morgan fingerprint density at radius 3 is 2.47 bits per heavy atom. The highest BCUT2D eigenvalue weighted by atomic mass is 127. The van der Waals surface area contributed by atoms with E-state index in [9.17, 15) is 4.79 Å². The predicted octanol–water partition coefficient (Wildman–Crippen LogP) is 3.06. The summed E-state index contributed by atoms with van der Waals surface area (Å²) in [6.45, 7) is 5.48. The Bertz CT molecular complexity index is 458. The van der Waals surface area contributed by atoms with Gasteiger partial charge in [-0.1, -0.05) is 22.6 Å². The Hall–Kier alpha value is -0.780. The van der Waals surface area contributed by atoms with Crippen molar-refractivity contribution in [1.29, 1.82) is 0 Å². The third-order valence-corrected chi connectivity index (χ3v) is 3.18. The van der Waals surface area contributed by atoms with Gasteiger partial charge in [-0.3, -0.25) is 0 Å². The van der Waals surface area contributed by atoms with Crippen molar-refractivity contribution in [2.45, 2.75) is 20.8 Å². The molecule has 0 unspecified atom stereocenters. The van der Waals surface area contributed by atoms with E-state index >= 15 is 0 Å². The zero-order valence-corrected chi connectivity index (χ0v) is 11.3. The second-order valence-electron chi connectivity index (χ2n) is 3.29. The lowest BCUT2D eigenvalue weighted by molar-refractivity contribution is 0.390. The van der Waals surface area contributed by atoms with E-state index in [0.29, 0.717) is 17.1 Å². The third-order valence-electron chi connectivity index (χ3n) is 2.25. The van der Waals surface area contributed by atoms with Crippen molar-refractivity contribution < 1.29 is 9.15 Å². The summed E-state index contributed by atoms with van der Waals surface area (Å²) in [5.41, 5.74) is 1.95. The minimum Gasteiger partial charge on any atom is -0.496 e. The fraction of sp³-hybridized carbons (Fsp3) is 0.364. The molecule has 0 aliphatic rings. The molecule has 1 aromatic heterocycles. The average molecular weight is 320 g/mol. The molecule has 0 bridgehead atoms. The van der Waals surface area contributed by atoms with Gasteiger partial charge in [0.25, 0.3) is 0 Å². The van der Waals surface area contributed by atoms with Crippen LogP contribution in [0.3, 0.4) is 0 Å². The number of methoxy groups -OCH3 is 1. The molecular formula is C11H13IO3. The second-order valence-corrected chi connectivity index (χ2v) is 3.92. The Morgan fingerprint density at radius 2 is 2.00 bits per heavy atom. The molecule has 0 N–H and O–H groups in total. The first-order valence-corrected chi connectivity index (χ1v) is 5.73. The summed E-state index contributed by atoms with van der Waals surface area (Å²) in [6, 6.07) is 0. The average Bonchev–Trinajstić information content (AvgIpc) is 2.23. The van der Waals surface area contributed by atoms with Gasteiger partial charge in [0.2, 0.25) is 0 Å². The maximum Gasteiger partial charge on any atom is 0.342 e. The van der Waals surface area contributed by atoms with Crippen LogP contribution in [-0.2, 0) is 0 Å². The smallest absolute Gasteiger partial charge is 0.342 e. The normalized spacial score (nSPS) is 11.7. The molecule has 1 heterocycles. The number of rotatable bonds is 2. The topological polar surface area (TPSA) is 39.4 Å². The van der Waals surface area contributed by atoms with Crippen LogP contribution < -0.4 is 10.4 Å². The van der Waals surface area contributed by atoms with Crippen molar-refractivity contribution >= 4 is 28.2 Å². The van der Waals surface area contributed by atoms with E-state index < -0.39 is 0 Å². The SMILES string of the molecule is COc1c(C)c(/C(C)=C/I)oc(=O)c1C. The van der Waals surface area contributed by atoms with Crippen LogP contribution in [0, 0.1) is 13.8 Å². The molecule has 82 valence electrons. The molecule has 0 saturated carbocycles. The van der Waals surface area contributed by atoms with Crippen LogP contribution in [0.25, 0.3) is 5.57 Å². The number of allylic oxidation sites excluding steroid dienone is 1. The highest BCUT2D eigenvalue weighted by Crippen LogP contribution is 2.27. The van der Waals surface area contributed by atoms with Gasteiger partial charge in [-0.05, 0) is 30.4 Å². The molecule has 0 amide bonds. The molecule has 0 saturated heterocycles. The first-order valence-electron chi connectivity index (χ1n) is 4.48. The zero-order valence-electron chi connectivity index (χ0n) is 9.18. The molecule has 0 radical (unpaired) electrons. The number of halogens is 1. The molecule has 3 nitrogen and oxygen atoms in total. The first-order chi connectivity index (χ1) is 7.02. The van der Waals surface area contributed by atoms with Crippen molar-refractivity contribution in [2.24, 2.45) is 0 Å². The van der Waals surface area contributed by atoms with Gasteiger partial charge in [0.15, 0.2) is 0 Å². The van der Waals surface area contributed by atoms with E-state index in [1.165, 1.54) is 0 Å². The maximum absolute atomic E-state index is 11.5. The van der Waals surface area contributed by atoms with E-state index in [0.717, 1.165) is 11.1 Å². The van der Waals surface area contributed by atoms with Gasteiger partial charge in [0.1, 0.15) is 11.5 Å². The van der Waals surface area contributed by atoms with Gasteiger partial charge in [-0.2, -0.15) is 0 Å². The highest BCUT2D eigenvalue weighted by molar-refractivity contribution is 14.1. The fourth-order valence-corrected chi connectivity index (χ4v) is 1.74. The Balaban J connectivity index is 3.58. The molecule has 0 atom stereocenters. The fourth-order valence-electron chi connectivity index (χ4n) is 1.45. The van der Waals surface area contributed by atoms with E-state index in [2.05, 4.69) is 22.6 Å². The largest absolute Gasteiger partial charge is 0.496 e. The lowest BCUT2D eigenvalue weighted by Gasteiger charge is -2.10. The monoisotopic (exact) mass is 320 g/mol. The molecule has 1 aromatic rings. The van der Waals surface area contributed by atoms with Crippen molar-refractivity contribution in [1.82, 2.24) is 0 Å². The molecule has 0 spiro atoms. The number of hydrogen-bond acceptors (Lipinski definition) is 3. The van der Waals surface area contributed by atoms with E-state index in [4.69, 9.17) is 9.15 Å². The van der Waals surface area contributed by atoms with Crippen LogP contribution in [0.15, 0.2) is 13.3 Å². The molecule has 0 aliphatic carbocycles. The Morgan fingerprint density at radius 1 is 1.40 bits per heavy atom. The van der Waals surface area contributed by atoms with Crippen LogP contribution in [0.1, 0.15) is 23.8 Å². The molecule has 15 heavy (non-hydrogen) atoms. The minimum atomic E-state index is -0.343. The van der Waals surface area contributed by atoms with E-state index in [-0.39, 0.29) is 5.63 Å².